The van der Waals surface area contributed by atoms with Crippen LogP contribution in [0.25, 0.3) is 0 Å². The summed E-state index contributed by atoms with van der Waals surface area (Å²) in [7, 11) is 0. The van der Waals surface area contributed by atoms with Crippen LogP contribution in [0.2, 0.25) is 0 Å². The maximum absolute atomic E-state index is 12.6. The highest BCUT2D eigenvalue weighted by atomic mass is 32.1. The first-order valence-electron chi connectivity index (χ1n) is 9.25. The Labute approximate surface area is 167 Å². The van der Waals surface area contributed by atoms with Crippen molar-refractivity contribution in [3.63, 3.8) is 0 Å². The number of anilines is 1. The summed E-state index contributed by atoms with van der Waals surface area (Å²) >= 11 is 1.39. The maximum atomic E-state index is 12.6. The zero-order valence-corrected chi connectivity index (χ0v) is 16.6. The number of thiophene rings is 1. The summed E-state index contributed by atoms with van der Waals surface area (Å²) in [5, 5.41) is 3.20. The number of hydrogen-bond acceptors (Lipinski definition) is 7. The molecule has 0 saturated heterocycles. The number of rotatable bonds is 6. The van der Waals surface area contributed by atoms with Gasteiger partial charge in [-0.2, -0.15) is 0 Å². The van der Waals surface area contributed by atoms with Crippen molar-refractivity contribution < 1.29 is 23.9 Å². The van der Waals surface area contributed by atoms with Crippen LogP contribution in [0.1, 0.15) is 58.0 Å². The number of carbonyl (C=O) groups is 3. The van der Waals surface area contributed by atoms with Crippen LogP contribution in [0.5, 0.6) is 0 Å². The predicted octanol–water partition coefficient (Wildman–Crippen LogP) is 3.38. The van der Waals surface area contributed by atoms with Crippen LogP contribution in [0.4, 0.5) is 5.00 Å². The quantitative estimate of drug-likeness (QED) is 0.745. The Bertz CT molecular complexity index is 878. The third-order valence-corrected chi connectivity index (χ3v) is 5.62. The lowest BCUT2D eigenvalue weighted by Gasteiger charge is -2.14. The van der Waals surface area contributed by atoms with Crippen molar-refractivity contribution >= 4 is 34.2 Å². The molecule has 0 spiro atoms. The van der Waals surface area contributed by atoms with E-state index in [9.17, 15) is 14.4 Å². The molecule has 0 fully saturated rings. The van der Waals surface area contributed by atoms with Crippen LogP contribution in [0.15, 0.2) is 24.4 Å². The molecule has 1 unspecified atom stereocenters. The van der Waals surface area contributed by atoms with Gasteiger partial charge in [0.2, 0.25) is 0 Å². The highest BCUT2D eigenvalue weighted by molar-refractivity contribution is 7.17. The number of aromatic nitrogens is 1. The van der Waals surface area contributed by atoms with Crippen LogP contribution in [0, 0.1) is 0 Å². The standard InChI is InChI=1S/C20H22N2O5S/c1-3-26-20(25)16-13-8-4-5-10-15(13)28-18(16)22-17(23)12(2)27-19(24)14-9-6-7-11-21-14/h6-7,9,11-12H,3-5,8,10H2,1-2H3,(H,22,23). The molecule has 2 heterocycles. The number of fused-ring (bicyclic) bond motifs is 1. The molecule has 2 aromatic rings. The van der Waals surface area contributed by atoms with Gasteiger partial charge in [-0.15, -0.1) is 11.3 Å². The molecule has 1 aliphatic rings. The molecule has 8 heteroatoms. The zero-order chi connectivity index (χ0) is 20.1. The summed E-state index contributed by atoms with van der Waals surface area (Å²) in [6.45, 7) is 3.48. The van der Waals surface area contributed by atoms with Gasteiger partial charge in [-0.25, -0.2) is 14.6 Å². The molecule has 0 aromatic carbocycles. The van der Waals surface area contributed by atoms with E-state index in [-0.39, 0.29) is 12.3 Å². The van der Waals surface area contributed by atoms with Gasteiger partial charge in [0.05, 0.1) is 12.2 Å². The molecule has 2 aromatic heterocycles. The van der Waals surface area contributed by atoms with Gasteiger partial charge >= 0.3 is 11.9 Å². The summed E-state index contributed by atoms with van der Waals surface area (Å²) in [6, 6.07) is 4.86. The number of esters is 2. The zero-order valence-electron chi connectivity index (χ0n) is 15.8. The van der Waals surface area contributed by atoms with Gasteiger partial charge in [-0.05, 0) is 57.2 Å². The van der Waals surface area contributed by atoms with Crippen LogP contribution >= 0.6 is 11.3 Å². The van der Waals surface area contributed by atoms with E-state index < -0.39 is 23.9 Å². The van der Waals surface area contributed by atoms with E-state index in [1.54, 1.807) is 19.1 Å². The van der Waals surface area contributed by atoms with Crippen LogP contribution in [-0.2, 0) is 27.1 Å². The fourth-order valence-electron chi connectivity index (χ4n) is 3.04. The number of nitrogens with zero attached hydrogens (tertiary/aromatic N) is 1. The van der Waals surface area contributed by atoms with Gasteiger partial charge in [-0.3, -0.25) is 4.79 Å². The van der Waals surface area contributed by atoms with Crippen LogP contribution < -0.4 is 5.32 Å². The largest absolute Gasteiger partial charge is 0.462 e. The Morgan fingerprint density at radius 3 is 2.71 bits per heavy atom. The van der Waals surface area contributed by atoms with E-state index in [4.69, 9.17) is 9.47 Å². The molecule has 1 N–H and O–H groups in total. The summed E-state index contributed by atoms with van der Waals surface area (Å²) in [5.41, 5.74) is 1.52. The molecular weight excluding hydrogens is 380 g/mol. The van der Waals surface area contributed by atoms with Gasteiger partial charge in [0.15, 0.2) is 6.10 Å². The fraction of sp³-hybridized carbons (Fsp3) is 0.400. The van der Waals surface area contributed by atoms with Crippen molar-refractivity contribution in [3.8, 4) is 0 Å². The van der Waals surface area contributed by atoms with Gasteiger partial charge in [0.1, 0.15) is 10.7 Å². The minimum absolute atomic E-state index is 0.126. The third kappa shape index (κ3) is 4.39. The Kier molecular flexibility index (Phi) is 6.41. The number of hydrogen-bond donors (Lipinski definition) is 1. The average molecular weight is 402 g/mol. The van der Waals surface area contributed by atoms with E-state index in [1.807, 2.05) is 0 Å². The first kappa shape index (κ1) is 20.0. The van der Waals surface area contributed by atoms with Crippen LogP contribution in [0.3, 0.4) is 0 Å². The fourth-order valence-corrected chi connectivity index (χ4v) is 4.32. The number of aryl methyl sites for hydroxylation is 1. The minimum Gasteiger partial charge on any atom is -0.462 e. The number of nitrogens with one attached hydrogen (secondary N) is 1. The molecule has 0 saturated carbocycles. The highest BCUT2D eigenvalue weighted by Gasteiger charge is 2.29. The molecule has 28 heavy (non-hydrogen) atoms. The number of carbonyl (C=O) groups excluding carboxylic acids is 3. The van der Waals surface area contributed by atoms with E-state index in [1.165, 1.54) is 30.5 Å². The molecule has 148 valence electrons. The molecule has 1 atom stereocenters. The van der Waals surface area contributed by atoms with E-state index in [0.717, 1.165) is 36.1 Å². The molecule has 7 nitrogen and oxygen atoms in total. The van der Waals surface area contributed by atoms with E-state index in [2.05, 4.69) is 10.3 Å². The van der Waals surface area contributed by atoms with Crippen molar-refractivity contribution in [2.24, 2.45) is 0 Å². The van der Waals surface area contributed by atoms with Gasteiger partial charge in [-0.1, -0.05) is 6.07 Å². The number of pyridine rings is 1. The topological polar surface area (TPSA) is 94.6 Å². The summed E-state index contributed by atoms with van der Waals surface area (Å²) in [6.07, 6.45) is 4.17. The minimum atomic E-state index is -1.04. The Hall–Kier alpha value is -2.74. The van der Waals surface area contributed by atoms with Crippen molar-refractivity contribution in [2.45, 2.75) is 45.6 Å². The van der Waals surface area contributed by atoms with Crippen LogP contribution in [-0.4, -0.2) is 35.5 Å². The molecule has 0 aliphatic heterocycles. The number of ether oxygens (including phenoxy) is 2. The molecule has 0 radical (unpaired) electrons. The second-order valence-corrected chi connectivity index (χ2v) is 7.49. The van der Waals surface area contributed by atoms with Crippen molar-refractivity contribution in [1.29, 1.82) is 0 Å². The van der Waals surface area contributed by atoms with Crippen molar-refractivity contribution in [3.05, 3.63) is 46.1 Å². The SMILES string of the molecule is CCOC(=O)c1c(NC(=O)C(C)OC(=O)c2ccccn2)sc2c1CCCC2. The van der Waals surface area contributed by atoms with Crippen molar-refractivity contribution in [1.82, 2.24) is 4.98 Å². The lowest BCUT2D eigenvalue weighted by atomic mass is 9.95. The van der Waals surface area contributed by atoms with E-state index >= 15 is 0 Å². The summed E-state index contributed by atoms with van der Waals surface area (Å²) in [5.74, 6) is -1.62. The molecule has 3 rings (SSSR count). The normalized spacial score (nSPS) is 13.9. The lowest BCUT2D eigenvalue weighted by molar-refractivity contribution is -0.123. The Morgan fingerprint density at radius 2 is 2.00 bits per heavy atom. The lowest BCUT2D eigenvalue weighted by Crippen LogP contribution is -2.30. The highest BCUT2D eigenvalue weighted by Crippen LogP contribution is 2.38. The maximum Gasteiger partial charge on any atom is 0.357 e. The van der Waals surface area contributed by atoms with Gasteiger partial charge in [0, 0.05) is 11.1 Å². The van der Waals surface area contributed by atoms with Gasteiger partial charge < -0.3 is 14.8 Å². The van der Waals surface area contributed by atoms with Crippen molar-refractivity contribution in [2.75, 3.05) is 11.9 Å². The number of amides is 1. The average Bonchev–Trinajstić information content (AvgIpc) is 3.06. The van der Waals surface area contributed by atoms with E-state index in [0.29, 0.717) is 10.6 Å². The molecular formula is C20H22N2O5S. The molecule has 0 bridgehead atoms. The second kappa shape index (κ2) is 8.97. The second-order valence-electron chi connectivity index (χ2n) is 6.39. The summed E-state index contributed by atoms with van der Waals surface area (Å²) < 4.78 is 10.4. The Balaban J connectivity index is 1.75. The first-order valence-corrected chi connectivity index (χ1v) is 10.1. The molecule has 1 aliphatic carbocycles. The monoisotopic (exact) mass is 402 g/mol. The Morgan fingerprint density at radius 1 is 1.21 bits per heavy atom. The summed E-state index contributed by atoms with van der Waals surface area (Å²) in [4.78, 5) is 42.1. The first-order chi connectivity index (χ1) is 13.5. The van der Waals surface area contributed by atoms with Gasteiger partial charge in [0.25, 0.3) is 5.91 Å². The smallest absolute Gasteiger partial charge is 0.357 e. The third-order valence-electron chi connectivity index (χ3n) is 4.41. The molecule has 1 amide bonds. The predicted molar refractivity (Wildman–Crippen MR) is 105 cm³/mol.